The van der Waals surface area contributed by atoms with Gasteiger partial charge in [-0.1, -0.05) is 30.3 Å². The summed E-state index contributed by atoms with van der Waals surface area (Å²) in [5.74, 6) is -0.326. The third kappa shape index (κ3) is 4.24. The normalized spacial score (nSPS) is 11.1. The molecule has 2 N–H and O–H groups in total. The Hall–Kier alpha value is -3.80. The zero-order valence-corrected chi connectivity index (χ0v) is 14.5. The second-order valence-electron chi connectivity index (χ2n) is 5.59. The Morgan fingerprint density at radius 1 is 1.00 bits per heavy atom. The highest BCUT2D eigenvalue weighted by Gasteiger charge is 2.15. The zero-order chi connectivity index (χ0) is 19.2. The number of methoxy groups -OCH3 is 1. The molecular formula is C21H17NO5. The summed E-state index contributed by atoms with van der Waals surface area (Å²) in [5, 5.41) is 11.8. The summed E-state index contributed by atoms with van der Waals surface area (Å²) < 4.78 is 11.0. The molecule has 0 aliphatic carbocycles. The predicted molar refractivity (Wildman–Crippen MR) is 100 cm³/mol. The molecule has 27 heavy (non-hydrogen) atoms. The summed E-state index contributed by atoms with van der Waals surface area (Å²) in [6.07, 6.45) is 1.27. The van der Waals surface area contributed by atoms with Crippen molar-refractivity contribution in [2.75, 3.05) is 7.11 Å². The lowest BCUT2D eigenvalue weighted by Gasteiger charge is -2.06. The summed E-state index contributed by atoms with van der Waals surface area (Å²) in [6.45, 7) is 0. The molecule has 0 aliphatic rings. The number of amides is 1. The topological polar surface area (TPSA) is 88.8 Å². The highest BCUT2D eigenvalue weighted by molar-refractivity contribution is 6.02. The van der Waals surface area contributed by atoms with E-state index >= 15 is 0 Å². The minimum Gasteiger partial charge on any atom is -0.496 e. The van der Waals surface area contributed by atoms with Gasteiger partial charge >= 0.3 is 5.97 Å². The van der Waals surface area contributed by atoms with Crippen LogP contribution in [0.5, 0.6) is 5.75 Å². The molecule has 1 amide bonds. The molecule has 6 heteroatoms. The summed E-state index contributed by atoms with van der Waals surface area (Å²) >= 11 is 0. The Kier molecular flexibility index (Phi) is 5.37. The van der Waals surface area contributed by atoms with Gasteiger partial charge in [0.15, 0.2) is 0 Å². The van der Waals surface area contributed by atoms with Crippen molar-refractivity contribution in [3.05, 3.63) is 83.8 Å². The third-order valence-electron chi connectivity index (χ3n) is 3.80. The first-order chi connectivity index (χ1) is 13.1. The smallest absolute Gasteiger partial charge is 0.352 e. The standard InChI is InChI=1S/C21H17NO5/c1-26-18-10-6-5-9-16(18)19-12-11-15(27-19)13-17(21(24)25)22-20(23)14-7-3-2-4-8-14/h2-13H,1H3,(H,22,23)(H,24,25)/b17-13-. The average molecular weight is 363 g/mol. The van der Waals surface area contributed by atoms with Crippen LogP contribution in [0.2, 0.25) is 0 Å². The highest BCUT2D eigenvalue weighted by atomic mass is 16.5. The molecule has 136 valence electrons. The van der Waals surface area contributed by atoms with Gasteiger partial charge in [-0.15, -0.1) is 0 Å². The number of aliphatic carboxylic acids is 1. The molecule has 0 bridgehead atoms. The number of benzene rings is 2. The zero-order valence-electron chi connectivity index (χ0n) is 14.5. The van der Waals surface area contributed by atoms with E-state index in [0.29, 0.717) is 22.8 Å². The van der Waals surface area contributed by atoms with Crippen molar-refractivity contribution in [1.29, 1.82) is 0 Å². The lowest BCUT2D eigenvalue weighted by molar-refractivity contribution is -0.132. The second-order valence-corrected chi connectivity index (χ2v) is 5.59. The Balaban J connectivity index is 1.86. The largest absolute Gasteiger partial charge is 0.496 e. The Morgan fingerprint density at radius 2 is 1.70 bits per heavy atom. The third-order valence-corrected chi connectivity index (χ3v) is 3.80. The van der Waals surface area contributed by atoms with E-state index in [-0.39, 0.29) is 5.70 Å². The minimum atomic E-state index is -1.27. The van der Waals surface area contributed by atoms with Gasteiger partial charge in [-0.3, -0.25) is 4.79 Å². The minimum absolute atomic E-state index is 0.287. The Bertz CT molecular complexity index is 989. The number of rotatable bonds is 6. The van der Waals surface area contributed by atoms with Gasteiger partial charge in [-0.25, -0.2) is 4.79 Å². The summed E-state index contributed by atoms with van der Waals surface area (Å²) in [6, 6.07) is 19.0. The van der Waals surface area contributed by atoms with Crippen molar-refractivity contribution in [3.8, 4) is 17.1 Å². The number of carboxylic acid groups (broad SMARTS) is 1. The van der Waals surface area contributed by atoms with Gasteiger partial charge in [0.2, 0.25) is 0 Å². The van der Waals surface area contributed by atoms with E-state index in [9.17, 15) is 14.7 Å². The maximum absolute atomic E-state index is 12.2. The number of ether oxygens (including phenoxy) is 1. The molecule has 0 saturated carbocycles. The summed E-state index contributed by atoms with van der Waals surface area (Å²) in [7, 11) is 1.56. The number of hydrogen-bond donors (Lipinski definition) is 2. The molecule has 0 saturated heterocycles. The number of para-hydroxylation sites is 1. The van der Waals surface area contributed by atoms with E-state index in [2.05, 4.69) is 5.32 Å². The molecule has 3 rings (SSSR count). The van der Waals surface area contributed by atoms with Gasteiger partial charge < -0.3 is 19.6 Å². The van der Waals surface area contributed by atoms with Crippen LogP contribution < -0.4 is 10.1 Å². The van der Waals surface area contributed by atoms with Crippen molar-refractivity contribution in [2.45, 2.75) is 0 Å². The number of furan rings is 1. The lowest BCUT2D eigenvalue weighted by atomic mass is 10.1. The molecule has 0 spiro atoms. The number of carboxylic acids is 1. The first kappa shape index (κ1) is 18.0. The monoisotopic (exact) mass is 363 g/mol. The first-order valence-electron chi connectivity index (χ1n) is 8.13. The fourth-order valence-electron chi connectivity index (χ4n) is 2.50. The van der Waals surface area contributed by atoms with Crippen molar-refractivity contribution >= 4 is 18.0 Å². The summed E-state index contributed by atoms with van der Waals surface area (Å²) in [4.78, 5) is 23.7. The molecule has 6 nitrogen and oxygen atoms in total. The number of carbonyl (C=O) groups excluding carboxylic acids is 1. The number of nitrogens with one attached hydrogen (secondary N) is 1. The van der Waals surface area contributed by atoms with E-state index in [4.69, 9.17) is 9.15 Å². The van der Waals surface area contributed by atoms with Crippen LogP contribution in [0.4, 0.5) is 0 Å². The van der Waals surface area contributed by atoms with Crippen LogP contribution in [0, 0.1) is 0 Å². The van der Waals surface area contributed by atoms with Crippen molar-refractivity contribution in [1.82, 2.24) is 5.32 Å². The van der Waals surface area contributed by atoms with Gasteiger partial charge in [-0.05, 0) is 36.4 Å². The van der Waals surface area contributed by atoms with Crippen LogP contribution in [-0.4, -0.2) is 24.1 Å². The van der Waals surface area contributed by atoms with Crippen LogP contribution in [0.15, 0.2) is 76.8 Å². The van der Waals surface area contributed by atoms with Gasteiger partial charge in [0, 0.05) is 11.6 Å². The van der Waals surface area contributed by atoms with Crippen LogP contribution in [0.1, 0.15) is 16.1 Å². The fraction of sp³-hybridized carbons (Fsp3) is 0.0476. The molecule has 2 aromatic carbocycles. The van der Waals surface area contributed by atoms with Crippen molar-refractivity contribution in [2.24, 2.45) is 0 Å². The van der Waals surface area contributed by atoms with Gasteiger partial charge in [-0.2, -0.15) is 0 Å². The average Bonchev–Trinajstić information content (AvgIpc) is 3.16. The molecule has 0 fully saturated rings. The first-order valence-corrected chi connectivity index (χ1v) is 8.13. The van der Waals surface area contributed by atoms with E-state index < -0.39 is 11.9 Å². The lowest BCUT2D eigenvalue weighted by Crippen LogP contribution is -2.27. The molecule has 0 radical (unpaired) electrons. The van der Waals surface area contributed by atoms with Crippen LogP contribution in [0.25, 0.3) is 17.4 Å². The Morgan fingerprint density at radius 3 is 2.41 bits per heavy atom. The van der Waals surface area contributed by atoms with E-state index in [1.807, 2.05) is 18.2 Å². The number of carbonyl (C=O) groups is 2. The van der Waals surface area contributed by atoms with Crippen molar-refractivity contribution in [3.63, 3.8) is 0 Å². The van der Waals surface area contributed by atoms with E-state index in [1.165, 1.54) is 6.08 Å². The van der Waals surface area contributed by atoms with Crippen LogP contribution >= 0.6 is 0 Å². The molecule has 3 aromatic rings. The summed E-state index contributed by atoms with van der Waals surface area (Å²) in [5.41, 5.74) is 0.813. The molecule has 0 aliphatic heterocycles. The quantitative estimate of drug-likeness (QED) is 0.650. The van der Waals surface area contributed by atoms with Crippen LogP contribution in [0.3, 0.4) is 0 Å². The molecule has 0 atom stereocenters. The van der Waals surface area contributed by atoms with Crippen molar-refractivity contribution < 1.29 is 23.8 Å². The fourth-order valence-corrected chi connectivity index (χ4v) is 2.50. The van der Waals surface area contributed by atoms with Gasteiger partial charge in [0.05, 0.1) is 12.7 Å². The molecule has 0 unspecified atom stereocenters. The van der Waals surface area contributed by atoms with E-state index in [0.717, 1.165) is 5.56 Å². The maximum Gasteiger partial charge on any atom is 0.352 e. The Labute approximate surface area is 155 Å². The SMILES string of the molecule is COc1ccccc1-c1ccc(/C=C(\NC(=O)c2ccccc2)C(=O)O)o1. The molecule has 1 aromatic heterocycles. The second kappa shape index (κ2) is 8.05. The van der Waals surface area contributed by atoms with E-state index in [1.54, 1.807) is 55.6 Å². The molecule has 1 heterocycles. The molecular weight excluding hydrogens is 346 g/mol. The highest BCUT2D eigenvalue weighted by Crippen LogP contribution is 2.31. The maximum atomic E-state index is 12.2. The predicted octanol–water partition coefficient (Wildman–Crippen LogP) is 3.81. The van der Waals surface area contributed by atoms with Gasteiger partial charge in [0.1, 0.15) is 23.0 Å². The van der Waals surface area contributed by atoms with Gasteiger partial charge in [0.25, 0.3) is 5.91 Å². The number of hydrogen-bond acceptors (Lipinski definition) is 4. The van der Waals surface area contributed by atoms with Crippen LogP contribution in [-0.2, 0) is 4.79 Å².